The van der Waals surface area contributed by atoms with Crippen LogP contribution in [0, 0.1) is 0 Å². The molecule has 0 saturated carbocycles. The summed E-state index contributed by atoms with van der Waals surface area (Å²) in [6, 6.07) is 15.3. The summed E-state index contributed by atoms with van der Waals surface area (Å²) in [5, 5.41) is 10.7. The first-order valence-corrected chi connectivity index (χ1v) is 6.41. The average molecular weight is 267 g/mol. The molecule has 1 N–H and O–H groups in total. The number of para-hydroxylation sites is 2. The quantitative estimate of drug-likeness (QED) is 0.792. The maximum Gasteiger partial charge on any atom is 0.303 e. The van der Waals surface area contributed by atoms with Gasteiger partial charge in [-0.2, -0.15) is 0 Å². The van der Waals surface area contributed by atoms with Gasteiger partial charge in [0, 0.05) is 17.2 Å². The SMILES string of the molecule is O=C(O)CCC(=O)n1c2ccccc2c2ccccc21. The minimum atomic E-state index is -0.959. The van der Waals surface area contributed by atoms with E-state index in [4.69, 9.17) is 5.11 Å². The van der Waals surface area contributed by atoms with Crippen molar-refractivity contribution in [2.24, 2.45) is 0 Å². The van der Waals surface area contributed by atoms with Crippen molar-refractivity contribution >= 4 is 33.7 Å². The van der Waals surface area contributed by atoms with Crippen molar-refractivity contribution in [3.05, 3.63) is 48.5 Å². The van der Waals surface area contributed by atoms with Gasteiger partial charge in [0.15, 0.2) is 0 Å². The molecule has 0 saturated heterocycles. The predicted octanol–water partition coefficient (Wildman–Crippen LogP) is 3.30. The molecule has 100 valence electrons. The highest BCUT2D eigenvalue weighted by atomic mass is 16.4. The van der Waals surface area contributed by atoms with Crippen molar-refractivity contribution in [3.63, 3.8) is 0 Å². The lowest BCUT2D eigenvalue weighted by Crippen LogP contribution is -2.12. The minimum Gasteiger partial charge on any atom is -0.481 e. The number of rotatable bonds is 3. The second-order valence-electron chi connectivity index (χ2n) is 4.66. The third-order valence-corrected chi connectivity index (χ3v) is 3.38. The Bertz CT molecular complexity index is 764. The highest BCUT2D eigenvalue weighted by Gasteiger charge is 2.15. The van der Waals surface area contributed by atoms with Gasteiger partial charge in [0.1, 0.15) is 0 Å². The largest absolute Gasteiger partial charge is 0.481 e. The molecule has 20 heavy (non-hydrogen) atoms. The number of fused-ring (bicyclic) bond motifs is 3. The zero-order chi connectivity index (χ0) is 14.1. The molecule has 2 aromatic carbocycles. The second kappa shape index (κ2) is 4.81. The number of hydrogen-bond acceptors (Lipinski definition) is 2. The molecule has 0 unspecified atom stereocenters. The first kappa shape index (κ1) is 12.4. The van der Waals surface area contributed by atoms with E-state index in [-0.39, 0.29) is 18.7 Å². The predicted molar refractivity (Wildman–Crippen MR) is 76.9 cm³/mol. The Morgan fingerprint density at radius 2 is 1.35 bits per heavy atom. The molecule has 0 amide bonds. The molecule has 3 aromatic rings. The number of nitrogens with zero attached hydrogens (tertiary/aromatic N) is 1. The summed E-state index contributed by atoms with van der Waals surface area (Å²) < 4.78 is 1.62. The van der Waals surface area contributed by atoms with Crippen LogP contribution in [0.1, 0.15) is 17.6 Å². The maximum absolute atomic E-state index is 12.3. The topological polar surface area (TPSA) is 59.3 Å². The van der Waals surface area contributed by atoms with Crippen LogP contribution in [0.15, 0.2) is 48.5 Å². The van der Waals surface area contributed by atoms with Crippen molar-refractivity contribution in [1.29, 1.82) is 0 Å². The van der Waals surface area contributed by atoms with Gasteiger partial charge in [-0.25, -0.2) is 0 Å². The monoisotopic (exact) mass is 267 g/mol. The molecule has 0 aliphatic carbocycles. The standard InChI is InChI=1S/C16H13NO3/c18-15(9-10-16(19)20)17-13-7-3-1-5-11(13)12-6-2-4-8-14(12)17/h1-8H,9-10H2,(H,19,20). The molecule has 1 heterocycles. The summed E-state index contributed by atoms with van der Waals surface area (Å²) in [7, 11) is 0. The van der Waals surface area contributed by atoms with Gasteiger partial charge in [0.05, 0.1) is 17.5 Å². The molecule has 0 aliphatic rings. The van der Waals surface area contributed by atoms with Gasteiger partial charge in [-0.05, 0) is 12.1 Å². The van der Waals surface area contributed by atoms with E-state index in [1.807, 2.05) is 48.5 Å². The fourth-order valence-corrected chi connectivity index (χ4v) is 2.52. The number of aliphatic carboxylic acids is 1. The van der Waals surface area contributed by atoms with Crippen molar-refractivity contribution in [2.45, 2.75) is 12.8 Å². The zero-order valence-corrected chi connectivity index (χ0v) is 10.7. The van der Waals surface area contributed by atoms with Crippen LogP contribution in [0.25, 0.3) is 21.8 Å². The molecule has 0 fully saturated rings. The van der Waals surface area contributed by atoms with Crippen molar-refractivity contribution in [1.82, 2.24) is 4.57 Å². The summed E-state index contributed by atoms with van der Waals surface area (Å²) in [4.78, 5) is 23.0. The smallest absolute Gasteiger partial charge is 0.303 e. The highest BCUT2D eigenvalue weighted by Crippen LogP contribution is 2.28. The van der Waals surface area contributed by atoms with E-state index in [0.29, 0.717) is 0 Å². The molecular weight excluding hydrogens is 254 g/mol. The Labute approximate surface area is 115 Å². The lowest BCUT2D eigenvalue weighted by molar-refractivity contribution is -0.136. The molecule has 4 nitrogen and oxygen atoms in total. The molecule has 0 aliphatic heterocycles. The molecule has 0 radical (unpaired) electrons. The van der Waals surface area contributed by atoms with Crippen molar-refractivity contribution in [3.8, 4) is 0 Å². The summed E-state index contributed by atoms with van der Waals surface area (Å²) in [5.74, 6) is -1.15. The second-order valence-corrected chi connectivity index (χ2v) is 4.66. The Hall–Kier alpha value is -2.62. The average Bonchev–Trinajstić information content (AvgIpc) is 2.79. The Morgan fingerprint density at radius 3 is 1.85 bits per heavy atom. The van der Waals surface area contributed by atoms with E-state index in [2.05, 4.69) is 0 Å². The Morgan fingerprint density at radius 1 is 0.850 bits per heavy atom. The van der Waals surface area contributed by atoms with Gasteiger partial charge < -0.3 is 5.11 Å². The van der Waals surface area contributed by atoms with Gasteiger partial charge in [0.2, 0.25) is 5.91 Å². The van der Waals surface area contributed by atoms with E-state index < -0.39 is 5.97 Å². The molecule has 0 bridgehead atoms. The molecule has 3 rings (SSSR count). The van der Waals surface area contributed by atoms with E-state index in [1.54, 1.807) is 4.57 Å². The molecule has 0 atom stereocenters. The van der Waals surface area contributed by atoms with Crippen LogP contribution in [0.2, 0.25) is 0 Å². The van der Waals surface area contributed by atoms with Gasteiger partial charge >= 0.3 is 5.97 Å². The van der Waals surface area contributed by atoms with Crippen LogP contribution in [0.5, 0.6) is 0 Å². The first-order chi connectivity index (χ1) is 9.68. The van der Waals surface area contributed by atoms with E-state index in [9.17, 15) is 9.59 Å². The van der Waals surface area contributed by atoms with Gasteiger partial charge in [-0.15, -0.1) is 0 Å². The summed E-state index contributed by atoms with van der Waals surface area (Å²) in [5.41, 5.74) is 1.65. The number of carboxylic acids is 1. The molecule has 1 aromatic heterocycles. The fourth-order valence-electron chi connectivity index (χ4n) is 2.52. The van der Waals surface area contributed by atoms with Crippen LogP contribution >= 0.6 is 0 Å². The lowest BCUT2D eigenvalue weighted by Gasteiger charge is -2.04. The molecule has 0 spiro atoms. The van der Waals surface area contributed by atoms with Crippen LogP contribution < -0.4 is 0 Å². The van der Waals surface area contributed by atoms with Crippen molar-refractivity contribution in [2.75, 3.05) is 0 Å². The summed E-state index contributed by atoms with van der Waals surface area (Å²) >= 11 is 0. The Kier molecular flexibility index (Phi) is 2.99. The van der Waals surface area contributed by atoms with Gasteiger partial charge in [-0.3, -0.25) is 14.2 Å². The summed E-state index contributed by atoms with van der Waals surface area (Å²) in [6.45, 7) is 0. The lowest BCUT2D eigenvalue weighted by atomic mass is 10.2. The van der Waals surface area contributed by atoms with Gasteiger partial charge in [-0.1, -0.05) is 36.4 Å². The Balaban J connectivity index is 2.21. The van der Waals surface area contributed by atoms with E-state index >= 15 is 0 Å². The van der Waals surface area contributed by atoms with Crippen LogP contribution in [-0.4, -0.2) is 21.6 Å². The number of carboxylic acid groups (broad SMARTS) is 1. The third kappa shape index (κ3) is 1.95. The van der Waals surface area contributed by atoms with Crippen LogP contribution in [0.3, 0.4) is 0 Å². The van der Waals surface area contributed by atoms with E-state index in [0.717, 1.165) is 21.8 Å². The first-order valence-electron chi connectivity index (χ1n) is 6.41. The highest BCUT2D eigenvalue weighted by molar-refractivity contribution is 6.13. The third-order valence-electron chi connectivity index (χ3n) is 3.38. The van der Waals surface area contributed by atoms with Crippen LogP contribution in [-0.2, 0) is 4.79 Å². The number of hydrogen-bond donors (Lipinski definition) is 1. The molecule has 4 heteroatoms. The zero-order valence-electron chi connectivity index (χ0n) is 10.7. The molecular formula is C16H13NO3. The van der Waals surface area contributed by atoms with Crippen LogP contribution in [0.4, 0.5) is 0 Å². The van der Waals surface area contributed by atoms with E-state index in [1.165, 1.54) is 0 Å². The number of aromatic nitrogens is 1. The normalized spacial score (nSPS) is 11.0. The number of carbonyl (C=O) groups is 2. The van der Waals surface area contributed by atoms with Gasteiger partial charge in [0.25, 0.3) is 0 Å². The summed E-state index contributed by atoms with van der Waals surface area (Å²) in [6.07, 6.45) is -0.155. The number of benzene rings is 2. The maximum atomic E-state index is 12.3. The fraction of sp³-hybridized carbons (Fsp3) is 0.125. The number of carbonyl (C=O) groups excluding carboxylic acids is 1. The minimum absolute atomic E-state index is 0.00198. The van der Waals surface area contributed by atoms with Crippen molar-refractivity contribution < 1.29 is 14.7 Å².